The lowest BCUT2D eigenvalue weighted by Crippen LogP contribution is -1.99. The molecule has 0 aliphatic heterocycles. The highest BCUT2D eigenvalue weighted by Crippen LogP contribution is 2.41. The first kappa shape index (κ1) is 31.3. The van der Waals surface area contributed by atoms with Gasteiger partial charge < -0.3 is 8.83 Å². The molecule has 4 heterocycles. The monoisotopic (exact) mass is 725 g/mol. The molecule has 7 nitrogen and oxygen atoms in total. The average Bonchev–Trinajstić information content (AvgIpc) is 3.99. The molecule has 0 atom stereocenters. The summed E-state index contributed by atoms with van der Waals surface area (Å²) in [7, 11) is 0. The highest BCUT2D eigenvalue weighted by molar-refractivity contribution is 7.21. The van der Waals surface area contributed by atoms with E-state index < -0.39 is 0 Å². The summed E-state index contributed by atoms with van der Waals surface area (Å²) in [6.07, 6.45) is 0. The first-order valence-electron chi connectivity index (χ1n) is 17.9. The Balaban J connectivity index is 0.938. The van der Waals surface area contributed by atoms with Crippen LogP contribution >= 0.6 is 11.3 Å². The molecule has 0 aliphatic carbocycles. The van der Waals surface area contributed by atoms with Gasteiger partial charge in [0.15, 0.2) is 23.1 Å². The van der Waals surface area contributed by atoms with Crippen molar-refractivity contribution in [3.8, 4) is 67.3 Å². The second-order valence-electron chi connectivity index (χ2n) is 13.3. The normalized spacial score (nSPS) is 11.6. The topological polar surface area (TPSA) is 90.7 Å². The van der Waals surface area contributed by atoms with Gasteiger partial charge in [-0.15, -0.1) is 11.3 Å². The molecular formula is C47H27N5O2S. The summed E-state index contributed by atoms with van der Waals surface area (Å²) in [5, 5.41) is 3.00. The number of nitrogens with zero attached hydrogens (tertiary/aromatic N) is 5. The van der Waals surface area contributed by atoms with Crippen molar-refractivity contribution in [3.63, 3.8) is 0 Å². The third-order valence-electron chi connectivity index (χ3n) is 9.84. The zero-order valence-electron chi connectivity index (χ0n) is 29.0. The third kappa shape index (κ3) is 5.47. The van der Waals surface area contributed by atoms with Gasteiger partial charge in [-0.3, -0.25) is 0 Å². The molecule has 0 N–H and O–H groups in total. The fraction of sp³-hybridized carbons (Fsp3) is 0. The van der Waals surface area contributed by atoms with Crippen molar-refractivity contribution in [1.82, 2.24) is 24.9 Å². The van der Waals surface area contributed by atoms with Gasteiger partial charge in [0, 0.05) is 38.6 Å². The van der Waals surface area contributed by atoms with Crippen LogP contribution in [0.1, 0.15) is 0 Å². The molecule has 0 fully saturated rings. The highest BCUT2D eigenvalue weighted by atomic mass is 32.1. The molecule has 0 aliphatic rings. The minimum absolute atomic E-state index is 0.543. The first-order chi connectivity index (χ1) is 27.2. The van der Waals surface area contributed by atoms with Crippen LogP contribution in [0, 0.1) is 0 Å². The van der Waals surface area contributed by atoms with Gasteiger partial charge in [-0.2, -0.15) is 0 Å². The largest absolute Gasteiger partial charge is 0.455 e. The predicted octanol–water partition coefficient (Wildman–Crippen LogP) is 12.5. The molecule has 0 amide bonds. The molecular weight excluding hydrogens is 699 g/mol. The summed E-state index contributed by atoms with van der Waals surface area (Å²) in [6, 6.07) is 55.0. The van der Waals surface area contributed by atoms with Crippen LogP contribution in [0.5, 0.6) is 0 Å². The van der Waals surface area contributed by atoms with E-state index >= 15 is 0 Å². The maximum atomic E-state index is 6.66. The fourth-order valence-electron chi connectivity index (χ4n) is 7.12. The Kier molecular flexibility index (Phi) is 7.21. The van der Waals surface area contributed by atoms with Crippen LogP contribution in [0.15, 0.2) is 173 Å². The van der Waals surface area contributed by atoms with Gasteiger partial charge in [0.2, 0.25) is 5.89 Å². The van der Waals surface area contributed by atoms with Gasteiger partial charge >= 0.3 is 0 Å². The molecule has 8 heteroatoms. The van der Waals surface area contributed by atoms with Crippen molar-refractivity contribution in [1.29, 1.82) is 0 Å². The van der Waals surface area contributed by atoms with E-state index in [-0.39, 0.29) is 0 Å². The number of aromatic nitrogens is 5. The molecule has 0 saturated heterocycles. The van der Waals surface area contributed by atoms with Gasteiger partial charge in [-0.25, -0.2) is 24.9 Å². The van der Waals surface area contributed by atoms with E-state index in [0.717, 1.165) is 87.2 Å². The van der Waals surface area contributed by atoms with Crippen molar-refractivity contribution in [2.45, 2.75) is 0 Å². The van der Waals surface area contributed by atoms with Crippen molar-refractivity contribution in [2.24, 2.45) is 0 Å². The van der Waals surface area contributed by atoms with E-state index in [1.54, 1.807) is 11.3 Å². The minimum Gasteiger partial charge on any atom is -0.455 e. The van der Waals surface area contributed by atoms with Crippen molar-refractivity contribution in [3.05, 3.63) is 164 Å². The van der Waals surface area contributed by atoms with Crippen LogP contribution in [0.2, 0.25) is 0 Å². The first-order valence-corrected chi connectivity index (χ1v) is 18.7. The number of benzene rings is 7. The van der Waals surface area contributed by atoms with Crippen LogP contribution in [0.4, 0.5) is 0 Å². The van der Waals surface area contributed by atoms with Crippen molar-refractivity contribution in [2.75, 3.05) is 0 Å². The lowest BCUT2D eigenvalue weighted by Gasteiger charge is -2.08. The summed E-state index contributed by atoms with van der Waals surface area (Å²) >= 11 is 1.65. The van der Waals surface area contributed by atoms with Crippen LogP contribution in [0.3, 0.4) is 0 Å². The quantitative estimate of drug-likeness (QED) is 0.168. The molecule has 0 unspecified atom stereocenters. The zero-order valence-corrected chi connectivity index (χ0v) is 29.9. The van der Waals surface area contributed by atoms with Gasteiger partial charge in [0.05, 0.1) is 15.8 Å². The van der Waals surface area contributed by atoms with Crippen molar-refractivity contribution < 1.29 is 8.83 Å². The maximum Gasteiger partial charge on any atom is 0.231 e. The minimum atomic E-state index is 0.543. The molecule has 258 valence electrons. The lowest BCUT2D eigenvalue weighted by molar-refractivity contribution is 0.615. The molecule has 55 heavy (non-hydrogen) atoms. The van der Waals surface area contributed by atoms with Gasteiger partial charge in [-0.1, -0.05) is 127 Å². The zero-order chi connectivity index (χ0) is 36.3. The van der Waals surface area contributed by atoms with E-state index in [1.165, 1.54) is 0 Å². The number of hydrogen-bond acceptors (Lipinski definition) is 8. The molecule has 0 spiro atoms. The van der Waals surface area contributed by atoms with E-state index in [0.29, 0.717) is 23.4 Å². The van der Waals surface area contributed by atoms with E-state index in [1.807, 2.05) is 109 Å². The van der Waals surface area contributed by atoms with Crippen LogP contribution < -0.4 is 0 Å². The second-order valence-corrected chi connectivity index (χ2v) is 14.3. The van der Waals surface area contributed by atoms with E-state index in [4.69, 9.17) is 33.8 Å². The number of oxazole rings is 1. The van der Waals surface area contributed by atoms with Gasteiger partial charge in [0.25, 0.3) is 0 Å². The van der Waals surface area contributed by atoms with Gasteiger partial charge in [-0.05, 0) is 42.0 Å². The highest BCUT2D eigenvalue weighted by Gasteiger charge is 2.19. The number of para-hydroxylation sites is 4. The number of fused-ring (bicyclic) bond motifs is 5. The van der Waals surface area contributed by atoms with E-state index in [2.05, 4.69) is 54.6 Å². The Morgan fingerprint density at radius 2 is 0.964 bits per heavy atom. The van der Waals surface area contributed by atoms with E-state index in [9.17, 15) is 0 Å². The second kappa shape index (κ2) is 12.7. The summed E-state index contributed by atoms with van der Waals surface area (Å²) in [5.74, 6) is 2.43. The predicted molar refractivity (Wildman–Crippen MR) is 220 cm³/mol. The lowest BCUT2D eigenvalue weighted by atomic mass is 10.0. The molecule has 7 aromatic carbocycles. The fourth-order valence-corrected chi connectivity index (χ4v) is 8.13. The Morgan fingerprint density at radius 1 is 0.382 bits per heavy atom. The van der Waals surface area contributed by atoms with Gasteiger partial charge in [0.1, 0.15) is 21.7 Å². The molecule has 4 aromatic heterocycles. The Bertz CT molecular complexity index is 3110. The number of furan rings is 1. The Labute approximate surface area is 318 Å². The SMILES string of the molecule is c1ccc(-c2nc(-c3ccccc3)nc(-c3ccc4nc(-c5ccc(-c6cccc7c6oc6c(-c8nc9ccccc9o8)cccc67)cc5)sc4c3)n2)cc1. The number of thiazole rings is 1. The third-order valence-corrected chi connectivity index (χ3v) is 10.9. The molecule has 0 bridgehead atoms. The summed E-state index contributed by atoms with van der Waals surface area (Å²) in [4.78, 5) is 24.4. The molecule has 11 aromatic rings. The molecule has 0 radical (unpaired) electrons. The summed E-state index contributed by atoms with van der Waals surface area (Å²) in [6.45, 7) is 0. The smallest absolute Gasteiger partial charge is 0.231 e. The Morgan fingerprint density at radius 3 is 1.65 bits per heavy atom. The number of hydrogen-bond donors (Lipinski definition) is 0. The Hall–Kier alpha value is -7.29. The van der Waals surface area contributed by atoms with Crippen LogP contribution in [-0.4, -0.2) is 24.9 Å². The average molecular weight is 726 g/mol. The van der Waals surface area contributed by atoms with Crippen LogP contribution in [-0.2, 0) is 0 Å². The number of rotatable bonds is 6. The van der Waals surface area contributed by atoms with Crippen molar-refractivity contribution >= 4 is 54.6 Å². The maximum absolute atomic E-state index is 6.66. The van der Waals surface area contributed by atoms with Crippen LogP contribution in [0.25, 0.3) is 111 Å². The molecule has 11 rings (SSSR count). The standard InChI is InChI=1S/C47H27N5O2S/c1-3-11-29(12-4-1)43-50-44(30-13-5-2-6-14-30)52-45(51-43)32-25-26-38-40(27-32)55-47(49-38)31-23-21-28(22-24-31)33-15-9-16-34-35-17-10-18-36(42(35)54-41(33)34)46-48-37-19-7-8-20-39(37)53-46/h1-27H. The molecule has 0 saturated carbocycles. The summed E-state index contributed by atoms with van der Waals surface area (Å²) in [5.41, 5.74) is 10.8. The summed E-state index contributed by atoms with van der Waals surface area (Å²) < 4.78 is 13.9.